The molecule has 0 aromatic heterocycles. The van der Waals surface area contributed by atoms with Crippen molar-refractivity contribution in [2.75, 3.05) is 43.3 Å². The molecule has 0 heterocycles. The highest BCUT2D eigenvalue weighted by Gasteiger charge is 2.14. The summed E-state index contributed by atoms with van der Waals surface area (Å²) in [5, 5.41) is 2.95. The quantitative estimate of drug-likeness (QED) is 0.754. The molecule has 3 N–H and O–H groups in total. The molecule has 134 valence electrons. The van der Waals surface area contributed by atoms with E-state index in [2.05, 4.69) is 24.1 Å². The lowest BCUT2D eigenvalue weighted by Gasteiger charge is -2.24. The van der Waals surface area contributed by atoms with Gasteiger partial charge in [0.15, 0.2) is 0 Å². The van der Waals surface area contributed by atoms with Crippen LogP contribution in [0.5, 0.6) is 11.5 Å². The predicted molar refractivity (Wildman–Crippen MR) is 102 cm³/mol. The van der Waals surface area contributed by atoms with Gasteiger partial charge in [0.2, 0.25) is 0 Å². The maximum Gasteiger partial charge on any atom is 0.255 e. The fourth-order valence-corrected chi connectivity index (χ4v) is 2.63. The monoisotopic (exact) mass is 343 g/mol. The van der Waals surface area contributed by atoms with Crippen molar-refractivity contribution < 1.29 is 14.3 Å². The Morgan fingerprint density at radius 2 is 1.64 bits per heavy atom. The van der Waals surface area contributed by atoms with Gasteiger partial charge >= 0.3 is 0 Å². The van der Waals surface area contributed by atoms with Crippen LogP contribution in [0.3, 0.4) is 0 Å². The lowest BCUT2D eigenvalue weighted by Crippen LogP contribution is -2.24. The molecule has 6 heteroatoms. The third kappa shape index (κ3) is 4.35. The van der Waals surface area contributed by atoms with E-state index in [0.29, 0.717) is 28.4 Å². The molecule has 0 saturated heterocycles. The van der Waals surface area contributed by atoms with Crippen molar-refractivity contribution in [1.82, 2.24) is 0 Å². The number of amides is 1. The second-order valence-electron chi connectivity index (χ2n) is 5.50. The third-order valence-corrected chi connectivity index (χ3v) is 3.99. The molecule has 2 aromatic carbocycles. The van der Waals surface area contributed by atoms with Crippen LogP contribution in [0, 0.1) is 0 Å². The normalized spacial score (nSPS) is 10.2. The summed E-state index contributed by atoms with van der Waals surface area (Å²) in [6.07, 6.45) is 0. The van der Waals surface area contributed by atoms with Crippen LogP contribution < -0.4 is 25.4 Å². The number of anilines is 3. The van der Waals surface area contributed by atoms with E-state index < -0.39 is 0 Å². The molecule has 0 unspecified atom stereocenters. The SMILES string of the molecule is CCN(CC)c1ccc(N)cc1NC(=O)c1cc(OC)cc(OC)c1. The molecule has 0 saturated carbocycles. The van der Waals surface area contributed by atoms with E-state index in [1.807, 2.05) is 12.1 Å². The maximum atomic E-state index is 12.7. The van der Waals surface area contributed by atoms with Crippen molar-refractivity contribution >= 4 is 23.0 Å². The topological polar surface area (TPSA) is 76.8 Å². The van der Waals surface area contributed by atoms with Gasteiger partial charge in [-0.1, -0.05) is 0 Å². The van der Waals surface area contributed by atoms with Crippen molar-refractivity contribution in [3.05, 3.63) is 42.0 Å². The van der Waals surface area contributed by atoms with Crippen LogP contribution in [-0.2, 0) is 0 Å². The zero-order valence-electron chi connectivity index (χ0n) is 15.1. The number of hydrogen-bond donors (Lipinski definition) is 2. The second kappa shape index (κ2) is 8.28. The van der Waals surface area contributed by atoms with E-state index in [1.165, 1.54) is 0 Å². The molecular formula is C19H25N3O3. The molecule has 6 nitrogen and oxygen atoms in total. The van der Waals surface area contributed by atoms with Gasteiger partial charge in [-0.2, -0.15) is 0 Å². The fraction of sp³-hybridized carbons (Fsp3) is 0.316. The van der Waals surface area contributed by atoms with Crippen molar-refractivity contribution in [2.45, 2.75) is 13.8 Å². The molecule has 0 aliphatic heterocycles. The molecule has 2 aromatic rings. The summed E-state index contributed by atoms with van der Waals surface area (Å²) in [6.45, 7) is 5.79. The molecule has 0 aliphatic rings. The predicted octanol–water partition coefficient (Wildman–Crippen LogP) is 3.38. The second-order valence-corrected chi connectivity index (χ2v) is 5.50. The van der Waals surface area contributed by atoms with Gasteiger partial charge in [-0.3, -0.25) is 4.79 Å². The van der Waals surface area contributed by atoms with Gasteiger partial charge in [0.05, 0.1) is 25.6 Å². The smallest absolute Gasteiger partial charge is 0.255 e. The molecule has 0 atom stereocenters. The van der Waals surface area contributed by atoms with Crippen molar-refractivity contribution in [2.24, 2.45) is 0 Å². The zero-order valence-corrected chi connectivity index (χ0v) is 15.1. The van der Waals surface area contributed by atoms with Crippen LogP contribution >= 0.6 is 0 Å². The van der Waals surface area contributed by atoms with Gasteiger partial charge in [-0.25, -0.2) is 0 Å². The number of ether oxygens (including phenoxy) is 2. The van der Waals surface area contributed by atoms with E-state index in [0.717, 1.165) is 18.8 Å². The highest BCUT2D eigenvalue weighted by atomic mass is 16.5. The Bertz CT molecular complexity index is 720. The van der Waals surface area contributed by atoms with Gasteiger partial charge in [-0.15, -0.1) is 0 Å². The molecule has 25 heavy (non-hydrogen) atoms. The van der Waals surface area contributed by atoms with E-state index in [1.54, 1.807) is 38.5 Å². The van der Waals surface area contributed by atoms with Gasteiger partial charge in [0.1, 0.15) is 11.5 Å². The number of nitrogens with one attached hydrogen (secondary N) is 1. The number of hydrogen-bond acceptors (Lipinski definition) is 5. The van der Waals surface area contributed by atoms with Crippen molar-refractivity contribution in [1.29, 1.82) is 0 Å². The summed E-state index contributed by atoms with van der Waals surface area (Å²) in [4.78, 5) is 14.9. The summed E-state index contributed by atoms with van der Waals surface area (Å²) < 4.78 is 10.5. The molecule has 2 rings (SSSR count). The molecule has 0 fully saturated rings. The first-order valence-electron chi connectivity index (χ1n) is 8.21. The number of carbonyl (C=O) groups excluding carboxylic acids is 1. The number of nitrogens with zero attached hydrogens (tertiary/aromatic N) is 1. The van der Waals surface area contributed by atoms with Crippen LogP contribution in [0.15, 0.2) is 36.4 Å². The van der Waals surface area contributed by atoms with Crippen molar-refractivity contribution in [3.8, 4) is 11.5 Å². The number of carbonyl (C=O) groups is 1. The van der Waals surface area contributed by atoms with Gasteiger partial charge in [0, 0.05) is 30.4 Å². The lowest BCUT2D eigenvalue weighted by atomic mass is 10.1. The van der Waals surface area contributed by atoms with Gasteiger partial charge in [-0.05, 0) is 44.2 Å². The molecule has 0 spiro atoms. The molecule has 0 radical (unpaired) electrons. The van der Waals surface area contributed by atoms with Crippen LogP contribution in [0.2, 0.25) is 0 Å². The minimum absolute atomic E-state index is 0.254. The first kappa shape index (κ1) is 18.4. The van der Waals surface area contributed by atoms with E-state index in [-0.39, 0.29) is 5.91 Å². The summed E-state index contributed by atoms with van der Waals surface area (Å²) >= 11 is 0. The zero-order chi connectivity index (χ0) is 18.4. The Kier molecular flexibility index (Phi) is 6.11. The number of nitrogens with two attached hydrogens (primary N) is 1. The third-order valence-electron chi connectivity index (χ3n) is 3.99. The van der Waals surface area contributed by atoms with Gasteiger partial charge < -0.3 is 25.4 Å². The summed E-state index contributed by atoms with van der Waals surface area (Å²) in [5.74, 6) is 0.860. The summed E-state index contributed by atoms with van der Waals surface area (Å²) in [6, 6.07) is 10.6. The minimum Gasteiger partial charge on any atom is -0.497 e. The summed E-state index contributed by atoms with van der Waals surface area (Å²) in [5.41, 5.74) is 8.56. The first-order chi connectivity index (χ1) is 12.0. The molecule has 0 bridgehead atoms. The average Bonchev–Trinajstić information content (AvgIpc) is 2.63. The highest BCUT2D eigenvalue weighted by Crippen LogP contribution is 2.29. The van der Waals surface area contributed by atoms with Crippen LogP contribution in [-0.4, -0.2) is 33.2 Å². The number of benzene rings is 2. The van der Waals surface area contributed by atoms with Gasteiger partial charge in [0.25, 0.3) is 5.91 Å². The number of methoxy groups -OCH3 is 2. The minimum atomic E-state index is -0.254. The Hall–Kier alpha value is -2.89. The Labute approximate surface area is 148 Å². The van der Waals surface area contributed by atoms with Crippen LogP contribution in [0.4, 0.5) is 17.1 Å². The molecule has 0 aliphatic carbocycles. The Morgan fingerprint density at radius 1 is 1.04 bits per heavy atom. The Morgan fingerprint density at radius 3 is 2.16 bits per heavy atom. The maximum absolute atomic E-state index is 12.7. The molecule has 1 amide bonds. The van der Waals surface area contributed by atoms with Crippen LogP contribution in [0.25, 0.3) is 0 Å². The van der Waals surface area contributed by atoms with E-state index in [4.69, 9.17) is 15.2 Å². The van der Waals surface area contributed by atoms with E-state index in [9.17, 15) is 4.79 Å². The van der Waals surface area contributed by atoms with Crippen molar-refractivity contribution in [3.63, 3.8) is 0 Å². The average molecular weight is 343 g/mol. The largest absolute Gasteiger partial charge is 0.497 e. The summed E-state index contributed by atoms with van der Waals surface area (Å²) in [7, 11) is 3.10. The van der Waals surface area contributed by atoms with E-state index >= 15 is 0 Å². The first-order valence-corrected chi connectivity index (χ1v) is 8.21. The standard InChI is InChI=1S/C19H25N3O3/c1-5-22(6-2)18-8-7-14(20)11-17(18)21-19(23)13-9-15(24-3)12-16(10-13)25-4/h7-12H,5-6,20H2,1-4H3,(H,21,23). The lowest BCUT2D eigenvalue weighted by molar-refractivity contribution is 0.102. The number of rotatable bonds is 7. The fourth-order valence-electron chi connectivity index (χ4n) is 2.63. The van der Waals surface area contributed by atoms with Crippen LogP contribution in [0.1, 0.15) is 24.2 Å². The molecular weight excluding hydrogens is 318 g/mol. The highest BCUT2D eigenvalue weighted by molar-refractivity contribution is 6.06. The Balaban J connectivity index is 2.36. The number of nitrogen functional groups attached to an aromatic ring is 1.